The number of nitrogens with zero attached hydrogens (tertiary/aromatic N) is 4. The first-order valence-corrected chi connectivity index (χ1v) is 10.6. The molecule has 2 heterocycles. The van der Waals surface area contributed by atoms with Crippen LogP contribution in [0, 0.1) is 22.7 Å². The normalized spacial score (nSPS) is 18.4. The van der Waals surface area contributed by atoms with E-state index in [1.54, 1.807) is 0 Å². The van der Waals surface area contributed by atoms with E-state index in [1.165, 1.54) is 18.2 Å². The van der Waals surface area contributed by atoms with Crippen LogP contribution in [0.2, 0.25) is 10.0 Å². The summed E-state index contributed by atoms with van der Waals surface area (Å²) in [6, 6.07) is 8.62. The predicted octanol–water partition coefficient (Wildman–Crippen LogP) is 4.02. The highest BCUT2D eigenvalue weighted by Gasteiger charge is 2.42. The van der Waals surface area contributed by atoms with E-state index < -0.39 is 17.1 Å². The number of nitriles is 2. The van der Waals surface area contributed by atoms with Crippen LogP contribution >= 0.6 is 35.0 Å². The molecule has 4 rings (SSSR count). The summed E-state index contributed by atoms with van der Waals surface area (Å²) in [4.78, 5) is 30.8. The molecule has 2 amide bonds. The number of pyridine rings is 1. The first-order chi connectivity index (χ1) is 14.3. The molecular formula is C20H13Cl2N5O2S. The van der Waals surface area contributed by atoms with E-state index in [0.717, 1.165) is 29.5 Å². The van der Waals surface area contributed by atoms with Crippen LogP contribution in [0.15, 0.2) is 23.2 Å². The van der Waals surface area contributed by atoms with E-state index >= 15 is 0 Å². The van der Waals surface area contributed by atoms with Crippen LogP contribution in [0.3, 0.4) is 0 Å². The lowest BCUT2D eigenvalue weighted by Crippen LogP contribution is -2.31. The van der Waals surface area contributed by atoms with E-state index in [0.29, 0.717) is 15.6 Å². The maximum atomic E-state index is 13.0. The zero-order chi connectivity index (χ0) is 21.6. The quantitative estimate of drug-likeness (QED) is 0.687. The Bertz CT molecular complexity index is 1160. The van der Waals surface area contributed by atoms with Crippen LogP contribution in [0.1, 0.15) is 41.9 Å². The third-order valence-electron chi connectivity index (χ3n) is 4.90. The highest BCUT2D eigenvalue weighted by Crippen LogP contribution is 2.47. The minimum atomic E-state index is -0.783. The monoisotopic (exact) mass is 457 g/mol. The van der Waals surface area contributed by atoms with E-state index in [-0.39, 0.29) is 40.0 Å². The first-order valence-electron chi connectivity index (χ1n) is 8.97. The number of amides is 2. The Balaban J connectivity index is 1.69. The van der Waals surface area contributed by atoms with Crippen LogP contribution in [0.25, 0.3) is 0 Å². The zero-order valence-electron chi connectivity index (χ0n) is 15.4. The summed E-state index contributed by atoms with van der Waals surface area (Å²) in [5.74, 6) is -0.746. The summed E-state index contributed by atoms with van der Waals surface area (Å²) in [5, 5.41) is 19.2. The summed E-state index contributed by atoms with van der Waals surface area (Å²) in [5.41, 5.74) is 7.30. The smallest absolute Gasteiger partial charge is 0.247 e. The number of hydrogen-bond donors (Lipinski definition) is 1. The molecule has 1 aliphatic carbocycles. The summed E-state index contributed by atoms with van der Waals surface area (Å²) >= 11 is 13.0. The van der Waals surface area contributed by atoms with Crippen LogP contribution in [-0.4, -0.2) is 22.0 Å². The van der Waals surface area contributed by atoms with Crippen molar-refractivity contribution in [3.63, 3.8) is 0 Å². The molecule has 1 saturated carbocycles. The Morgan fingerprint density at radius 2 is 1.73 bits per heavy atom. The van der Waals surface area contributed by atoms with Crippen LogP contribution in [-0.2, 0) is 9.59 Å². The fourth-order valence-electron chi connectivity index (χ4n) is 3.46. The minimum Gasteiger partial charge on any atom is -0.383 e. The van der Waals surface area contributed by atoms with Crippen molar-refractivity contribution >= 4 is 58.3 Å². The average Bonchev–Trinajstić information content (AvgIpc) is 3.47. The van der Waals surface area contributed by atoms with Crippen LogP contribution in [0.5, 0.6) is 0 Å². The number of hydrogen-bond acceptors (Lipinski definition) is 7. The number of imide groups is 1. The lowest BCUT2D eigenvalue weighted by atomic mass is 10.0. The molecule has 0 bridgehead atoms. The Hall–Kier alpha value is -2.78. The van der Waals surface area contributed by atoms with Gasteiger partial charge in [-0.05, 0) is 42.5 Å². The molecule has 0 unspecified atom stereocenters. The van der Waals surface area contributed by atoms with Crippen molar-refractivity contribution in [2.24, 2.45) is 0 Å². The van der Waals surface area contributed by atoms with Crippen molar-refractivity contribution in [1.29, 1.82) is 10.5 Å². The van der Waals surface area contributed by atoms with Gasteiger partial charge < -0.3 is 5.73 Å². The molecule has 1 aliphatic heterocycles. The number of anilines is 2. The third kappa shape index (κ3) is 3.59. The van der Waals surface area contributed by atoms with Gasteiger partial charge in [0.2, 0.25) is 11.8 Å². The fourth-order valence-corrected chi connectivity index (χ4v) is 5.10. The van der Waals surface area contributed by atoms with Crippen LogP contribution in [0.4, 0.5) is 11.5 Å². The topological polar surface area (TPSA) is 124 Å². The van der Waals surface area contributed by atoms with Crippen molar-refractivity contribution < 1.29 is 9.59 Å². The van der Waals surface area contributed by atoms with Crippen molar-refractivity contribution in [2.45, 2.75) is 35.5 Å². The summed E-state index contributed by atoms with van der Waals surface area (Å²) in [6.07, 6.45) is 1.65. The van der Waals surface area contributed by atoms with E-state index in [1.807, 2.05) is 6.07 Å². The molecule has 1 saturated heterocycles. The number of nitrogen functional groups attached to an aromatic ring is 1. The maximum absolute atomic E-state index is 13.0. The highest BCUT2D eigenvalue weighted by atomic mass is 35.5. The van der Waals surface area contributed by atoms with Gasteiger partial charge >= 0.3 is 0 Å². The van der Waals surface area contributed by atoms with Gasteiger partial charge in [-0.15, -0.1) is 0 Å². The van der Waals surface area contributed by atoms with Gasteiger partial charge in [0, 0.05) is 16.5 Å². The number of carbonyl (C=O) groups is 2. The fraction of sp³-hybridized carbons (Fsp3) is 0.250. The number of halogens is 2. The second kappa shape index (κ2) is 7.81. The van der Waals surface area contributed by atoms with Gasteiger partial charge in [0.25, 0.3) is 0 Å². The van der Waals surface area contributed by atoms with E-state index in [9.17, 15) is 20.1 Å². The number of aromatic nitrogens is 1. The van der Waals surface area contributed by atoms with E-state index in [4.69, 9.17) is 28.9 Å². The predicted molar refractivity (Wildman–Crippen MR) is 113 cm³/mol. The molecule has 2 aromatic rings. The molecule has 10 heteroatoms. The Labute approximate surface area is 186 Å². The third-order valence-corrected chi connectivity index (χ3v) is 6.51. The average molecular weight is 458 g/mol. The molecule has 1 aromatic carbocycles. The Morgan fingerprint density at radius 1 is 1.10 bits per heavy atom. The van der Waals surface area contributed by atoms with Gasteiger partial charge in [-0.2, -0.15) is 10.5 Å². The first kappa shape index (κ1) is 20.5. The highest BCUT2D eigenvalue weighted by molar-refractivity contribution is 8.00. The minimum absolute atomic E-state index is 0.0242. The van der Waals surface area contributed by atoms with Crippen LogP contribution < -0.4 is 10.6 Å². The summed E-state index contributed by atoms with van der Waals surface area (Å²) in [7, 11) is 0. The number of nitrogens with two attached hydrogens (primary N) is 1. The van der Waals surface area contributed by atoms with Gasteiger partial charge in [-0.1, -0.05) is 35.0 Å². The molecule has 7 nitrogen and oxygen atoms in total. The summed E-state index contributed by atoms with van der Waals surface area (Å²) in [6.45, 7) is 0. The second-order valence-corrected chi connectivity index (χ2v) is 9.03. The lowest BCUT2D eigenvalue weighted by Gasteiger charge is -2.16. The Kier molecular flexibility index (Phi) is 5.33. The second-order valence-electron chi connectivity index (χ2n) is 6.97. The van der Waals surface area contributed by atoms with Gasteiger partial charge in [0.05, 0.1) is 22.1 Å². The molecule has 2 aliphatic rings. The zero-order valence-corrected chi connectivity index (χ0v) is 17.7. The Morgan fingerprint density at radius 3 is 2.30 bits per heavy atom. The van der Waals surface area contributed by atoms with Crippen molar-refractivity contribution in [1.82, 2.24) is 4.98 Å². The largest absolute Gasteiger partial charge is 0.383 e. The summed E-state index contributed by atoms with van der Waals surface area (Å²) < 4.78 is 0. The lowest BCUT2D eigenvalue weighted by molar-refractivity contribution is -0.121. The van der Waals surface area contributed by atoms with E-state index in [2.05, 4.69) is 11.1 Å². The van der Waals surface area contributed by atoms with Gasteiger partial charge in [0.1, 0.15) is 23.0 Å². The molecule has 1 aromatic heterocycles. The molecule has 0 spiro atoms. The van der Waals surface area contributed by atoms with Gasteiger partial charge in [-0.25, -0.2) is 9.88 Å². The molecular weight excluding hydrogens is 445 g/mol. The molecule has 30 heavy (non-hydrogen) atoms. The number of thioether (sulfide) groups is 1. The van der Waals surface area contributed by atoms with Gasteiger partial charge in [0.15, 0.2) is 0 Å². The molecule has 2 fully saturated rings. The number of carbonyl (C=O) groups excluding carboxylic acids is 2. The molecule has 2 N–H and O–H groups in total. The number of benzene rings is 1. The molecule has 1 atom stereocenters. The van der Waals surface area contributed by atoms with Crippen molar-refractivity contribution in [3.05, 3.63) is 44.9 Å². The number of rotatable bonds is 4. The molecule has 150 valence electrons. The van der Waals surface area contributed by atoms with Gasteiger partial charge in [-0.3, -0.25) is 9.59 Å². The standard InChI is InChI=1S/C20H13Cl2N5O2S/c21-10-3-11(22)5-12(4-10)27-16(28)6-15(20(27)29)30-19-14(8-24)17(9-1-2-9)13(7-23)18(25)26-19/h3-5,9,15H,1-2,6H2,(H2,25,26)/t15-/m0/s1. The SMILES string of the molecule is N#Cc1c(N)nc(S[C@H]2CC(=O)N(c3cc(Cl)cc(Cl)c3)C2=O)c(C#N)c1C1CC1. The molecule has 0 radical (unpaired) electrons. The van der Waals surface area contributed by atoms with Crippen molar-refractivity contribution in [2.75, 3.05) is 10.6 Å². The van der Waals surface area contributed by atoms with Crippen molar-refractivity contribution in [3.8, 4) is 12.1 Å². The maximum Gasteiger partial charge on any atom is 0.247 e.